The van der Waals surface area contributed by atoms with Crippen molar-refractivity contribution >= 4 is 15.9 Å². The fourth-order valence-electron chi connectivity index (χ4n) is 2.16. The van der Waals surface area contributed by atoms with Crippen molar-refractivity contribution in [2.75, 3.05) is 6.61 Å². The summed E-state index contributed by atoms with van der Waals surface area (Å²) in [5, 5.41) is 9.45. The Labute approximate surface area is 125 Å². The second kappa shape index (κ2) is 6.95. The highest BCUT2D eigenvalue weighted by Gasteiger charge is 2.11. The molecule has 0 aliphatic heterocycles. The predicted octanol–water partition coefficient (Wildman–Crippen LogP) is 4.12. The van der Waals surface area contributed by atoms with Gasteiger partial charge in [-0.2, -0.15) is 0 Å². The van der Waals surface area contributed by atoms with Gasteiger partial charge in [0.25, 0.3) is 0 Å². The number of aliphatic hydroxyl groups is 1. The van der Waals surface area contributed by atoms with Crippen LogP contribution in [-0.4, -0.2) is 11.7 Å². The molecule has 1 nitrogen and oxygen atoms in total. The fraction of sp³-hybridized carbons (Fsp3) is 0.250. The van der Waals surface area contributed by atoms with E-state index in [4.69, 9.17) is 0 Å². The fourth-order valence-corrected chi connectivity index (χ4v) is 2.42. The average Bonchev–Trinajstić information content (AvgIpc) is 2.44. The second-order valence-electron chi connectivity index (χ2n) is 4.83. The van der Waals surface area contributed by atoms with Crippen LogP contribution in [0.3, 0.4) is 0 Å². The van der Waals surface area contributed by atoms with Gasteiger partial charge in [0.15, 0.2) is 11.6 Å². The van der Waals surface area contributed by atoms with Crippen LogP contribution >= 0.6 is 15.9 Å². The minimum absolute atomic E-state index is 0.00899. The van der Waals surface area contributed by atoms with Crippen LogP contribution in [0.2, 0.25) is 0 Å². The van der Waals surface area contributed by atoms with E-state index < -0.39 is 11.6 Å². The third-order valence-corrected chi connectivity index (χ3v) is 3.73. The Morgan fingerprint density at radius 2 is 1.50 bits per heavy atom. The second-order valence-corrected chi connectivity index (χ2v) is 5.75. The van der Waals surface area contributed by atoms with E-state index in [1.807, 2.05) is 24.3 Å². The zero-order chi connectivity index (χ0) is 14.5. The molecule has 0 bridgehead atoms. The summed E-state index contributed by atoms with van der Waals surface area (Å²) >= 11 is 3.37. The lowest BCUT2D eigenvalue weighted by atomic mass is 9.93. The highest BCUT2D eigenvalue weighted by atomic mass is 79.9. The number of halogens is 3. The Kier molecular flexibility index (Phi) is 5.26. The van der Waals surface area contributed by atoms with Crippen molar-refractivity contribution in [1.29, 1.82) is 0 Å². The maximum atomic E-state index is 13.2. The molecule has 0 aliphatic carbocycles. The van der Waals surface area contributed by atoms with Crippen molar-refractivity contribution in [3.8, 4) is 0 Å². The predicted molar refractivity (Wildman–Crippen MR) is 78.5 cm³/mol. The molecule has 0 spiro atoms. The van der Waals surface area contributed by atoms with Gasteiger partial charge in [-0.15, -0.1) is 0 Å². The van der Waals surface area contributed by atoms with E-state index in [0.29, 0.717) is 18.4 Å². The maximum Gasteiger partial charge on any atom is 0.159 e. The summed E-state index contributed by atoms with van der Waals surface area (Å²) in [7, 11) is 0. The minimum Gasteiger partial charge on any atom is -0.396 e. The van der Waals surface area contributed by atoms with Gasteiger partial charge in [-0.25, -0.2) is 8.78 Å². The molecule has 0 aliphatic rings. The van der Waals surface area contributed by atoms with E-state index in [-0.39, 0.29) is 12.5 Å². The monoisotopic (exact) mass is 340 g/mol. The molecule has 1 atom stereocenters. The van der Waals surface area contributed by atoms with E-state index in [1.165, 1.54) is 6.07 Å². The summed E-state index contributed by atoms with van der Waals surface area (Å²) in [6, 6.07) is 11.7. The molecular formula is C16H15BrF2O. The molecule has 4 heteroatoms. The van der Waals surface area contributed by atoms with Crippen LogP contribution in [0.25, 0.3) is 0 Å². The molecule has 2 rings (SSSR count). The van der Waals surface area contributed by atoms with Crippen LogP contribution in [0.5, 0.6) is 0 Å². The van der Waals surface area contributed by atoms with Gasteiger partial charge in [0.2, 0.25) is 0 Å². The number of benzene rings is 2. The number of hydrogen-bond acceptors (Lipinski definition) is 1. The lowest BCUT2D eigenvalue weighted by Gasteiger charge is -2.14. The Morgan fingerprint density at radius 3 is 2.10 bits per heavy atom. The van der Waals surface area contributed by atoms with E-state index >= 15 is 0 Å². The number of hydrogen-bond donors (Lipinski definition) is 1. The van der Waals surface area contributed by atoms with E-state index in [1.54, 1.807) is 6.07 Å². The zero-order valence-corrected chi connectivity index (χ0v) is 12.4. The molecule has 2 aromatic carbocycles. The van der Waals surface area contributed by atoms with Gasteiger partial charge in [0.1, 0.15) is 0 Å². The minimum atomic E-state index is -0.845. The molecule has 0 radical (unpaired) electrons. The topological polar surface area (TPSA) is 20.2 Å². The number of rotatable bonds is 5. The Bertz CT molecular complexity index is 569. The molecule has 2 aromatic rings. The van der Waals surface area contributed by atoms with Crippen molar-refractivity contribution in [3.05, 3.63) is 69.7 Å². The van der Waals surface area contributed by atoms with Gasteiger partial charge in [-0.3, -0.25) is 0 Å². The molecule has 1 N–H and O–H groups in total. The van der Waals surface area contributed by atoms with Crippen molar-refractivity contribution < 1.29 is 13.9 Å². The average molecular weight is 341 g/mol. The van der Waals surface area contributed by atoms with Gasteiger partial charge in [0, 0.05) is 11.1 Å². The summed E-state index contributed by atoms with van der Waals surface area (Å²) in [4.78, 5) is 0. The van der Waals surface area contributed by atoms with Crippen molar-refractivity contribution in [1.82, 2.24) is 0 Å². The van der Waals surface area contributed by atoms with E-state index in [9.17, 15) is 13.9 Å². The van der Waals surface area contributed by atoms with Gasteiger partial charge >= 0.3 is 0 Å². The van der Waals surface area contributed by atoms with E-state index in [0.717, 1.165) is 16.1 Å². The Morgan fingerprint density at radius 1 is 0.900 bits per heavy atom. The third kappa shape index (κ3) is 4.12. The Balaban J connectivity index is 2.04. The lowest BCUT2D eigenvalue weighted by Crippen LogP contribution is -2.13. The normalized spacial score (nSPS) is 12.4. The van der Waals surface area contributed by atoms with Crippen LogP contribution in [0.4, 0.5) is 8.78 Å². The number of aliphatic hydroxyl groups excluding tert-OH is 1. The van der Waals surface area contributed by atoms with Crippen LogP contribution < -0.4 is 0 Å². The highest BCUT2D eigenvalue weighted by Crippen LogP contribution is 2.18. The molecule has 1 unspecified atom stereocenters. The van der Waals surface area contributed by atoms with Gasteiger partial charge in [0.05, 0.1) is 0 Å². The molecule has 0 fully saturated rings. The van der Waals surface area contributed by atoms with Crippen LogP contribution in [0, 0.1) is 17.6 Å². The first kappa shape index (κ1) is 15.1. The maximum absolute atomic E-state index is 13.2. The van der Waals surface area contributed by atoms with Gasteiger partial charge in [-0.1, -0.05) is 34.1 Å². The third-order valence-electron chi connectivity index (χ3n) is 3.20. The molecule has 0 amide bonds. The zero-order valence-electron chi connectivity index (χ0n) is 10.8. The standard InChI is InChI=1S/C16H15BrF2O/c17-14-4-1-11(2-5-14)7-13(10-20)8-12-3-6-15(18)16(19)9-12/h1-6,9,13,20H,7-8,10H2. The molecule has 0 heterocycles. The SMILES string of the molecule is OCC(Cc1ccc(Br)cc1)Cc1ccc(F)c(F)c1. The molecular weight excluding hydrogens is 326 g/mol. The van der Waals surface area contributed by atoms with Gasteiger partial charge < -0.3 is 5.11 Å². The van der Waals surface area contributed by atoms with Gasteiger partial charge in [-0.05, 0) is 54.2 Å². The first-order chi connectivity index (χ1) is 9.58. The van der Waals surface area contributed by atoms with Crippen molar-refractivity contribution in [2.45, 2.75) is 12.8 Å². The molecule has 0 saturated carbocycles. The summed E-state index contributed by atoms with van der Waals surface area (Å²) in [5.74, 6) is -1.70. The molecule has 20 heavy (non-hydrogen) atoms. The first-order valence-corrected chi connectivity index (χ1v) is 7.17. The molecule has 0 aromatic heterocycles. The van der Waals surface area contributed by atoms with Crippen molar-refractivity contribution in [3.63, 3.8) is 0 Å². The summed E-state index contributed by atoms with van der Waals surface area (Å²) in [5.41, 5.74) is 1.80. The summed E-state index contributed by atoms with van der Waals surface area (Å²) in [6.07, 6.45) is 1.21. The Hall–Kier alpha value is -1.26. The molecule has 106 valence electrons. The largest absolute Gasteiger partial charge is 0.396 e. The van der Waals surface area contributed by atoms with Crippen LogP contribution in [0.1, 0.15) is 11.1 Å². The highest BCUT2D eigenvalue weighted by molar-refractivity contribution is 9.10. The first-order valence-electron chi connectivity index (χ1n) is 6.37. The van der Waals surface area contributed by atoms with Crippen molar-refractivity contribution in [2.24, 2.45) is 5.92 Å². The van der Waals surface area contributed by atoms with E-state index in [2.05, 4.69) is 15.9 Å². The van der Waals surface area contributed by atoms with Crippen LogP contribution in [0.15, 0.2) is 46.9 Å². The van der Waals surface area contributed by atoms with Crippen LogP contribution in [-0.2, 0) is 12.8 Å². The summed E-state index contributed by atoms with van der Waals surface area (Å²) in [6.45, 7) is 0.00899. The summed E-state index contributed by atoms with van der Waals surface area (Å²) < 4.78 is 27.0. The smallest absolute Gasteiger partial charge is 0.159 e. The lowest BCUT2D eigenvalue weighted by molar-refractivity contribution is 0.225. The quantitative estimate of drug-likeness (QED) is 0.867. The molecule has 0 saturated heterocycles.